The van der Waals surface area contributed by atoms with Gasteiger partial charge in [-0.3, -0.25) is 0 Å². The number of benzene rings is 1. The predicted molar refractivity (Wildman–Crippen MR) is 114 cm³/mol. The number of ketones is 1. The number of pyridine rings is 1. The van der Waals surface area contributed by atoms with Gasteiger partial charge in [0.2, 0.25) is 5.88 Å². The summed E-state index contributed by atoms with van der Waals surface area (Å²) in [5.74, 6) is 2.80. The molecule has 0 bridgehead atoms. The number of anilines is 1. The van der Waals surface area contributed by atoms with Gasteiger partial charge in [-0.25, -0.2) is 4.98 Å². The second-order valence-electron chi connectivity index (χ2n) is 8.46. The molecule has 5 nitrogen and oxygen atoms in total. The number of nitrogens with zero attached hydrogens (tertiary/aromatic N) is 2. The Morgan fingerprint density at radius 3 is 2.62 bits per heavy atom. The Kier molecular flexibility index (Phi) is 6.02. The van der Waals surface area contributed by atoms with Gasteiger partial charge in [-0.1, -0.05) is 19.1 Å². The summed E-state index contributed by atoms with van der Waals surface area (Å²) in [6, 6.07) is 12.2. The molecule has 1 saturated heterocycles. The van der Waals surface area contributed by atoms with Gasteiger partial charge >= 0.3 is 0 Å². The van der Waals surface area contributed by atoms with Crippen molar-refractivity contribution in [2.45, 2.75) is 51.6 Å². The van der Waals surface area contributed by atoms with Crippen LogP contribution in [0, 0.1) is 5.92 Å². The number of hydrogen-bond donors (Lipinski definition) is 0. The summed E-state index contributed by atoms with van der Waals surface area (Å²) in [6.07, 6.45) is 6.20. The Bertz CT molecular complexity index is 815. The molecule has 1 saturated carbocycles. The first kappa shape index (κ1) is 19.7. The summed E-state index contributed by atoms with van der Waals surface area (Å²) in [5, 5.41) is 0. The maximum atomic E-state index is 11.3. The summed E-state index contributed by atoms with van der Waals surface area (Å²) in [5.41, 5.74) is 2.29. The Labute approximate surface area is 173 Å². The molecule has 0 amide bonds. The van der Waals surface area contributed by atoms with Crippen LogP contribution in [0.25, 0.3) is 0 Å². The quantitative estimate of drug-likeness (QED) is 0.622. The molecule has 2 atom stereocenters. The highest BCUT2D eigenvalue weighted by atomic mass is 16.5. The first-order valence-corrected chi connectivity index (χ1v) is 10.7. The molecule has 0 spiro atoms. The number of Topliss-reactive ketones (excluding diaryl/α,β-unsaturated/α-hetero) is 1. The van der Waals surface area contributed by atoms with Gasteiger partial charge in [0.1, 0.15) is 17.6 Å². The molecule has 5 heteroatoms. The monoisotopic (exact) mass is 394 g/mol. The van der Waals surface area contributed by atoms with E-state index >= 15 is 0 Å². The molecule has 0 radical (unpaired) electrons. The fourth-order valence-corrected chi connectivity index (χ4v) is 3.81. The summed E-state index contributed by atoms with van der Waals surface area (Å²) in [4.78, 5) is 18.1. The normalized spacial score (nSPS) is 19.8. The lowest BCUT2D eigenvalue weighted by Crippen LogP contribution is -2.24. The van der Waals surface area contributed by atoms with Crippen molar-refractivity contribution in [2.24, 2.45) is 5.92 Å². The van der Waals surface area contributed by atoms with Crippen molar-refractivity contribution in [2.75, 3.05) is 24.6 Å². The highest BCUT2D eigenvalue weighted by molar-refractivity contribution is 5.76. The molecular weight excluding hydrogens is 364 g/mol. The molecule has 1 aromatic heterocycles. The Morgan fingerprint density at radius 2 is 1.97 bits per heavy atom. The van der Waals surface area contributed by atoms with Gasteiger partial charge in [0, 0.05) is 25.5 Å². The smallest absolute Gasteiger partial charge is 0.213 e. The topological polar surface area (TPSA) is 51.7 Å². The van der Waals surface area contributed by atoms with Gasteiger partial charge in [0.15, 0.2) is 0 Å². The minimum absolute atomic E-state index is 0.168. The van der Waals surface area contributed by atoms with E-state index < -0.39 is 0 Å². The zero-order valence-electron chi connectivity index (χ0n) is 17.3. The van der Waals surface area contributed by atoms with Gasteiger partial charge in [0.05, 0.1) is 25.0 Å². The summed E-state index contributed by atoms with van der Waals surface area (Å²) in [6.45, 7) is 6.33. The first-order valence-electron chi connectivity index (χ1n) is 10.7. The minimum atomic E-state index is 0.168. The van der Waals surface area contributed by atoms with E-state index in [0.717, 1.165) is 43.5 Å². The summed E-state index contributed by atoms with van der Waals surface area (Å²) >= 11 is 0. The van der Waals surface area contributed by atoms with Crippen LogP contribution < -0.4 is 14.4 Å². The van der Waals surface area contributed by atoms with Gasteiger partial charge in [-0.15, -0.1) is 0 Å². The minimum Gasteiger partial charge on any atom is -0.489 e. The van der Waals surface area contributed by atoms with Crippen LogP contribution in [0.3, 0.4) is 0 Å². The molecule has 2 fully saturated rings. The van der Waals surface area contributed by atoms with Crippen molar-refractivity contribution in [3.05, 3.63) is 48.2 Å². The Morgan fingerprint density at radius 1 is 1.17 bits per heavy atom. The second-order valence-corrected chi connectivity index (χ2v) is 8.46. The highest BCUT2D eigenvalue weighted by Gasteiger charge is 2.25. The van der Waals surface area contributed by atoms with E-state index in [-0.39, 0.29) is 17.8 Å². The number of rotatable bonds is 9. The van der Waals surface area contributed by atoms with Crippen LogP contribution in [0.5, 0.6) is 11.6 Å². The van der Waals surface area contributed by atoms with E-state index in [2.05, 4.69) is 35.0 Å². The van der Waals surface area contributed by atoms with Gasteiger partial charge in [-0.05, 0) is 55.4 Å². The highest BCUT2D eigenvalue weighted by Crippen LogP contribution is 2.30. The van der Waals surface area contributed by atoms with E-state index in [1.54, 1.807) is 6.92 Å². The lowest BCUT2D eigenvalue weighted by atomic mass is 9.96. The van der Waals surface area contributed by atoms with Crippen molar-refractivity contribution in [3.8, 4) is 11.6 Å². The second kappa shape index (κ2) is 8.85. The molecule has 0 N–H and O–H groups in total. The molecule has 4 rings (SSSR count). The SMILES string of the molecule is CC(=O)C[C@@H](C)c1ccc(OC2CCN(c3ccc(OCC4CC4)nc3)C2)cc1. The van der Waals surface area contributed by atoms with Crippen molar-refractivity contribution < 1.29 is 14.3 Å². The first-order chi connectivity index (χ1) is 14.1. The fraction of sp³-hybridized carbons (Fsp3) is 0.500. The Balaban J connectivity index is 1.27. The molecule has 154 valence electrons. The van der Waals surface area contributed by atoms with Crippen LogP contribution in [-0.4, -0.2) is 36.6 Å². The lowest BCUT2D eigenvalue weighted by Gasteiger charge is -2.19. The zero-order chi connectivity index (χ0) is 20.2. The largest absolute Gasteiger partial charge is 0.489 e. The van der Waals surface area contributed by atoms with Crippen molar-refractivity contribution in [1.29, 1.82) is 0 Å². The van der Waals surface area contributed by atoms with E-state index in [1.165, 1.54) is 18.4 Å². The number of hydrogen-bond acceptors (Lipinski definition) is 5. The van der Waals surface area contributed by atoms with Crippen LogP contribution in [0.2, 0.25) is 0 Å². The van der Waals surface area contributed by atoms with E-state index in [9.17, 15) is 4.79 Å². The van der Waals surface area contributed by atoms with Gasteiger partial charge in [-0.2, -0.15) is 0 Å². The lowest BCUT2D eigenvalue weighted by molar-refractivity contribution is -0.117. The van der Waals surface area contributed by atoms with E-state index in [4.69, 9.17) is 9.47 Å². The number of carbonyl (C=O) groups is 1. The van der Waals surface area contributed by atoms with Crippen LogP contribution in [0.4, 0.5) is 5.69 Å². The third kappa shape index (κ3) is 5.49. The van der Waals surface area contributed by atoms with E-state index in [0.29, 0.717) is 12.3 Å². The molecule has 2 aliphatic rings. The third-order valence-corrected chi connectivity index (χ3v) is 5.74. The number of ether oxygens (including phenoxy) is 2. The van der Waals surface area contributed by atoms with Crippen molar-refractivity contribution >= 4 is 11.5 Å². The zero-order valence-corrected chi connectivity index (χ0v) is 17.3. The standard InChI is InChI=1S/C24H30N2O3/c1-17(13-18(2)27)20-5-8-22(9-6-20)29-23-11-12-26(15-23)21-7-10-24(25-14-21)28-16-19-3-4-19/h5-10,14,17,19,23H,3-4,11-13,15-16H2,1-2H3/t17-,23?/m1/s1. The third-order valence-electron chi connectivity index (χ3n) is 5.74. The van der Waals surface area contributed by atoms with Crippen LogP contribution in [0.15, 0.2) is 42.6 Å². The van der Waals surface area contributed by atoms with Crippen LogP contribution in [0.1, 0.15) is 51.0 Å². The van der Waals surface area contributed by atoms with Crippen molar-refractivity contribution in [3.63, 3.8) is 0 Å². The maximum absolute atomic E-state index is 11.3. The molecule has 1 aliphatic carbocycles. The average molecular weight is 395 g/mol. The molecule has 1 aromatic carbocycles. The predicted octanol–water partition coefficient (Wildman–Crippen LogP) is 4.61. The number of aromatic nitrogens is 1. The molecule has 2 aromatic rings. The molecule has 29 heavy (non-hydrogen) atoms. The van der Waals surface area contributed by atoms with Crippen LogP contribution >= 0.6 is 0 Å². The van der Waals surface area contributed by atoms with Gasteiger partial charge in [0.25, 0.3) is 0 Å². The average Bonchev–Trinajstić information content (AvgIpc) is 3.44. The molecular formula is C24H30N2O3. The fourth-order valence-electron chi connectivity index (χ4n) is 3.81. The molecule has 1 aliphatic heterocycles. The molecule has 1 unspecified atom stereocenters. The summed E-state index contributed by atoms with van der Waals surface area (Å²) in [7, 11) is 0. The molecule has 2 heterocycles. The summed E-state index contributed by atoms with van der Waals surface area (Å²) < 4.78 is 11.9. The Hall–Kier alpha value is -2.56. The van der Waals surface area contributed by atoms with Crippen LogP contribution in [-0.2, 0) is 4.79 Å². The van der Waals surface area contributed by atoms with Gasteiger partial charge < -0.3 is 19.2 Å². The maximum Gasteiger partial charge on any atom is 0.213 e. The van der Waals surface area contributed by atoms with E-state index in [1.807, 2.05) is 24.4 Å². The number of carbonyl (C=O) groups excluding carboxylic acids is 1. The van der Waals surface area contributed by atoms with Crippen molar-refractivity contribution in [1.82, 2.24) is 4.98 Å².